The Labute approximate surface area is 274 Å². The lowest BCUT2D eigenvalue weighted by atomic mass is 9.34. The van der Waals surface area contributed by atoms with Crippen LogP contribution in [0.25, 0.3) is 0 Å². The van der Waals surface area contributed by atoms with Crippen LogP contribution in [0.5, 0.6) is 0 Å². The highest BCUT2D eigenvalue weighted by atomic mass is 32.1. The number of allylic oxidation sites excluding steroid dienone is 13. The second-order valence-corrected chi connectivity index (χ2v) is 14.6. The molecule has 1 atom stereocenters. The van der Waals surface area contributed by atoms with Crippen molar-refractivity contribution in [1.29, 1.82) is 0 Å². The molecular formula is C41H52B2S. The molecule has 1 heterocycles. The number of hydrogen-bond donors (Lipinski definition) is 0. The van der Waals surface area contributed by atoms with E-state index in [2.05, 4.69) is 156 Å². The molecule has 228 valence electrons. The Morgan fingerprint density at radius 2 is 1.57 bits per heavy atom. The molecule has 0 nitrogen and oxygen atoms in total. The normalized spacial score (nSPS) is 16.5. The van der Waals surface area contributed by atoms with E-state index in [1.54, 1.807) is 0 Å². The molecule has 0 saturated carbocycles. The van der Waals surface area contributed by atoms with E-state index in [1.807, 2.05) is 17.4 Å². The van der Waals surface area contributed by atoms with Crippen LogP contribution < -0.4 is 15.0 Å². The van der Waals surface area contributed by atoms with Crippen molar-refractivity contribution in [3.05, 3.63) is 123 Å². The topological polar surface area (TPSA) is 0 Å². The number of benzene rings is 1. The average molecular weight is 599 g/mol. The molecule has 0 bridgehead atoms. The van der Waals surface area contributed by atoms with Crippen molar-refractivity contribution in [2.75, 3.05) is 0 Å². The van der Waals surface area contributed by atoms with E-state index in [4.69, 9.17) is 0 Å². The van der Waals surface area contributed by atoms with Crippen LogP contribution in [0, 0.1) is 38.5 Å². The Morgan fingerprint density at radius 1 is 0.932 bits per heavy atom. The predicted octanol–water partition coefficient (Wildman–Crippen LogP) is 9.82. The van der Waals surface area contributed by atoms with Gasteiger partial charge < -0.3 is 0 Å². The fourth-order valence-electron chi connectivity index (χ4n) is 6.67. The third-order valence-corrected chi connectivity index (χ3v) is 9.95. The van der Waals surface area contributed by atoms with Gasteiger partial charge in [-0.25, -0.2) is 0 Å². The summed E-state index contributed by atoms with van der Waals surface area (Å²) < 4.78 is 2.82. The highest BCUT2D eigenvalue weighted by Gasteiger charge is 2.34. The third-order valence-electron chi connectivity index (χ3n) is 8.67. The summed E-state index contributed by atoms with van der Waals surface area (Å²) in [5.74, 6) is 7.74. The van der Waals surface area contributed by atoms with Gasteiger partial charge in [0.25, 0.3) is 0 Å². The zero-order chi connectivity index (χ0) is 32.7. The standard InChI is InChI=1S/C41H52B2S/c1-14-28(4)22-33(9)37(13)42(26-32(8)21-30(6)20-27(2)3)39-18-19-40(44-39)43(38-17-15-16-29(5)23-34(38)10)41-35(11)24-31(7)25-36(41)12/h14,16,18-25,27,38H,1,26H2,2-13H3/b28-22-,30-20-,32-21-,37-33+. The summed E-state index contributed by atoms with van der Waals surface area (Å²) in [6.45, 7) is 31.3. The molecule has 2 aromatic rings. The van der Waals surface area contributed by atoms with Crippen molar-refractivity contribution in [2.45, 2.75) is 95.2 Å². The van der Waals surface area contributed by atoms with E-state index >= 15 is 0 Å². The van der Waals surface area contributed by atoms with Gasteiger partial charge in [-0.1, -0.05) is 149 Å². The quantitative estimate of drug-likeness (QED) is 0.137. The Bertz CT molecular complexity index is 1610. The summed E-state index contributed by atoms with van der Waals surface area (Å²) in [6.07, 6.45) is 14.3. The summed E-state index contributed by atoms with van der Waals surface area (Å²) in [6, 6.07) is 9.47. The number of hydrogen-bond acceptors (Lipinski definition) is 1. The minimum Gasteiger partial charge on any atom is -0.164 e. The molecule has 3 heteroatoms. The molecule has 1 unspecified atom stereocenters. The largest absolute Gasteiger partial charge is 0.242 e. The lowest BCUT2D eigenvalue weighted by molar-refractivity contribution is 0.825. The number of aryl methyl sites for hydroxylation is 3. The smallest absolute Gasteiger partial charge is 0.164 e. The lowest BCUT2D eigenvalue weighted by Crippen LogP contribution is -2.47. The first-order chi connectivity index (χ1) is 20.7. The van der Waals surface area contributed by atoms with Crippen molar-refractivity contribution in [3.8, 4) is 11.8 Å². The van der Waals surface area contributed by atoms with Crippen molar-refractivity contribution < 1.29 is 0 Å². The first-order valence-corrected chi connectivity index (χ1v) is 16.9. The Balaban J connectivity index is 2.22. The monoisotopic (exact) mass is 598 g/mol. The summed E-state index contributed by atoms with van der Waals surface area (Å²) in [5, 5.41) is 0. The van der Waals surface area contributed by atoms with Gasteiger partial charge in [-0.15, -0.1) is 0 Å². The van der Waals surface area contributed by atoms with Gasteiger partial charge in [0.05, 0.1) is 0 Å². The van der Waals surface area contributed by atoms with Crippen molar-refractivity contribution in [3.63, 3.8) is 0 Å². The van der Waals surface area contributed by atoms with Crippen LogP contribution in [0.4, 0.5) is 0 Å². The molecule has 3 rings (SSSR count). The van der Waals surface area contributed by atoms with Gasteiger partial charge >= 0.3 is 0 Å². The summed E-state index contributed by atoms with van der Waals surface area (Å²) >= 11 is 1.98. The van der Waals surface area contributed by atoms with Crippen LogP contribution in [0.2, 0.25) is 12.1 Å². The van der Waals surface area contributed by atoms with Gasteiger partial charge in [-0.3, -0.25) is 0 Å². The van der Waals surface area contributed by atoms with Gasteiger partial charge in [0.2, 0.25) is 13.4 Å². The van der Waals surface area contributed by atoms with Crippen LogP contribution in [0.3, 0.4) is 0 Å². The average Bonchev–Trinajstić information content (AvgIpc) is 3.33. The molecule has 0 spiro atoms. The van der Waals surface area contributed by atoms with Crippen LogP contribution in [-0.2, 0) is 0 Å². The molecule has 44 heavy (non-hydrogen) atoms. The second kappa shape index (κ2) is 15.7. The lowest BCUT2D eigenvalue weighted by Gasteiger charge is -2.25. The van der Waals surface area contributed by atoms with Gasteiger partial charge in [-0.05, 0) is 95.8 Å². The van der Waals surface area contributed by atoms with Crippen molar-refractivity contribution in [1.82, 2.24) is 0 Å². The van der Waals surface area contributed by atoms with E-state index in [1.165, 1.54) is 70.6 Å². The Morgan fingerprint density at radius 3 is 2.18 bits per heavy atom. The molecule has 1 aliphatic rings. The molecule has 1 aromatic carbocycles. The second-order valence-electron chi connectivity index (χ2n) is 13.4. The van der Waals surface area contributed by atoms with Crippen molar-refractivity contribution >= 4 is 39.8 Å². The fourth-order valence-corrected chi connectivity index (χ4v) is 8.00. The first-order valence-electron chi connectivity index (χ1n) is 16.1. The molecular weight excluding hydrogens is 546 g/mol. The maximum absolute atomic E-state index is 3.99. The van der Waals surface area contributed by atoms with Crippen molar-refractivity contribution in [2.24, 2.45) is 5.92 Å². The highest BCUT2D eigenvalue weighted by Crippen LogP contribution is 2.27. The van der Waals surface area contributed by atoms with Gasteiger partial charge in [0, 0.05) is 5.82 Å². The maximum atomic E-state index is 3.99. The molecule has 0 radical (unpaired) electrons. The third kappa shape index (κ3) is 9.15. The number of rotatable bonds is 11. The van der Waals surface area contributed by atoms with E-state index in [9.17, 15) is 0 Å². The molecule has 0 fully saturated rings. The maximum Gasteiger partial charge on any atom is 0.242 e. The zero-order valence-corrected chi connectivity index (χ0v) is 30.2. The molecule has 1 aromatic heterocycles. The summed E-state index contributed by atoms with van der Waals surface area (Å²) in [5.41, 5.74) is 14.7. The minimum atomic E-state index is 0.121. The van der Waals surface area contributed by atoms with Gasteiger partial charge in [-0.2, -0.15) is 11.3 Å². The van der Waals surface area contributed by atoms with Crippen LogP contribution >= 0.6 is 11.3 Å². The first kappa shape index (κ1) is 35.3. The van der Waals surface area contributed by atoms with E-state index in [0.717, 1.165) is 6.32 Å². The van der Waals surface area contributed by atoms with E-state index in [-0.39, 0.29) is 12.5 Å². The van der Waals surface area contributed by atoms with Crippen LogP contribution in [0.15, 0.2) is 106 Å². The fraction of sp³-hybridized carbons (Fsp3) is 0.366. The Kier molecular flexibility index (Phi) is 12.6. The molecule has 0 saturated heterocycles. The highest BCUT2D eigenvalue weighted by molar-refractivity contribution is 7.33. The van der Waals surface area contributed by atoms with E-state index < -0.39 is 0 Å². The minimum absolute atomic E-state index is 0.121. The Hall–Kier alpha value is -3.21. The van der Waals surface area contributed by atoms with Gasteiger partial charge in [0.15, 0.2) is 0 Å². The summed E-state index contributed by atoms with van der Waals surface area (Å²) in [7, 11) is 0. The van der Waals surface area contributed by atoms with Crippen LogP contribution in [0.1, 0.15) is 79.0 Å². The number of thiophene rings is 1. The molecule has 0 N–H and O–H groups in total. The van der Waals surface area contributed by atoms with Gasteiger partial charge in [0.1, 0.15) is 0 Å². The molecule has 0 aliphatic heterocycles. The molecule has 1 aliphatic carbocycles. The molecule has 0 amide bonds. The zero-order valence-electron chi connectivity index (χ0n) is 29.4. The summed E-state index contributed by atoms with van der Waals surface area (Å²) in [4.78, 5) is 0. The van der Waals surface area contributed by atoms with Crippen LogP contribution in [-0.4, -0.2) is 13.4 Å². The van der Waals surface area contributed by atoms with E-state index in [0.29, 0.717) is 12.6 Å². The predicted molar refractivity (Wildman–Crippen MR) is 204 cm³/mol. The SMILES string of the molecule is C=C/C(C)=C\C(C)=C(/C)B(C/C(C)=C\C(C)=C/C(C)C)c1ccc(B(c2c(C)cc(C)cc2C)C2C#CC=C(C)C=C2C)s1.